The highest BCUT2D eigenvalue weighted by molar-refractivity contribution is 5.68. The Balaban J connectivity index is 1.53. The topological polar surface area (TPSA) is 51.7 Å². The van der Waals surface area contributed by atoms with E-state index in [1.54, 1.807) is 4.90 Å². The van der Waals surface area contributed by atoms with E-state index in [0.29, 0.717) is 13.1 Å². The minimum Gasteiger partial charge on any atom is -0.474 e. The van der Waals surface area contributed by atoms with Crippen LogP contribution >= 0.6 is 0 Å². The molecule has 0 atom stereocenters. The number of carbonyl (C=O) groups excluding carboxylic acids is 1. The van der Waals surface area contributed by atoms with Gasteiger partial charge in [0.25, 0.3) is 0 Å². The third-order valence-electron chi connectivity index (χ3n) is 4.99. The van der Waals surface area contributed by atoms with Gasteiger partial charge in [0.05, 0.1) is 5.56 Å². The van der Waals surface area contributed by atoms with Crippen molar-refractivity contribution in [2.45, 2.75) is 64.3 Å². The molecule has 1 aliphatic heterocycles. The average Bonchev–Trinajstić information content (AvgIpc) is 2.52. The third kappa shape index (κ3) is 4.84. The van der Waals surface area contributed by atoms with Gasteiger partial charge in [-0.1, -0.05) is 0 Å². The minimum absolute atomic E-state index is 0.00569. The van der Waals surface area contributed by atoms with Crippen LogP contribution in [-0.4, -0.2) is 40.8 Å². The number of amides is 1. The van der Waals surface area contributed by atoms with Crippen molar-refractivity contribution < 1.29 is 27.4 Å². The Bertz CT molecular complexity index is 677. The Kier molecular flexibility index (Phi) is 5.03. The van der Waals surface area contributed by atoms with Crippen LogP contribution in [0.3, 0.4) is 0 Å². The molecule has 1 aromatic heterocycles. The molecule has 1 amide bonds. The number of alkyl halides is 3. The summed E-state index contributed by atoms with van der Waals surface area (Å²) in [5.41, 5.74) is -1.31. The van der Waals surface area contributed by atoms with Crippen LogP contribution in [0.25, 0.3) is 0 Å². The molecule has 1 saturated carbocycles. The summed E-state index contributed by atoms with van der Waals surface area (Å²) in [5, 5.41) is 0. The molecule has 0 N–H and O–H groups in total. The second-order valence-corrected chi connectivity index (χ2v) is 8.54. The maximum Gasteiger partial charge on any atom is 0.417 e. The minimum atomic E-state index is -4.40. The summed E-state index contributed by atoms with van der Waals surface area (Å²) in [6.45, 7) is 6.84. The van der Waals surface area contributed by atoms with E-state index < -0.39 is 17.3 Å². The molecule has 5 nitrogen and oxygen atoms in total. The zero-order valence-electron chi connectivity index (χ0n) is 15.8. The Hall–Kier alpha value is -1.99. The Labute approximate surface area is 156 Å². The quantitative estimate of drug-likeness (QED) is 0.742. The van der Waals surface area contributed by atoms with Gasteiger partial charge in [0.2, 0.25) is 5.88 Å². The molecule has 2 aliphatic rings. The highest BCUT2D eigenvalue weighted by Crippen LogP contribution is 2.49. The van der Waals surface area contributed by atoms with Crippen LogP contribution in [-0.2, 0) is 10.9 Å². The lowest BCUT2D eigenvalue weighted by Gasteiger charge is -2.52. The number of piperidine rings is 1. The molecule has 3 rings (SSSR count). The Morgan fingerprint density at radius 1 is 1.26 bits per heavy atom. The van der Waals surface area contributed by atoms with Crippen molar-refractivity contribution in [2.75, 3.05) is 13.1 Å². The van der Waals surface area contributed by atoms with Gasteiger partial charge in [-0.15, -0.1) is 0 Å². The maximum atomic E-state index is 12.6. The fraction of sp³-hybridized carbons (Fsp3) is 0.684. The van der Waals surface area contributed by atoms with Crippen LogP contribution in [0.2, 0.25) is 0 Å². The number of rotatable bonds is 2. The molecule has 150 valence electrons. The van der Waals surface area contributed by atoms with Crippen molar-refractivity contribution in [1.29, 1.82) is 0 Å². The van der Waals surface area contributed by atoms with Gasteiger partial charge in [-0.05, 0) is 57.9 Å². The van der Waals surface area contributed by atoms with Crippen molar-refractivity contribution in [3.8, 4) is 5.88 Å². The highest BCUT2D eigenvalue weighted by Gasteiger charge is 2.49. The van der Waals surface area contributed by atoms with Gasteiger partial charge in [0.15, 0.2) is 0 Å². The fourth-order valence-corrected chi connectivity index (χ4v) is 3.80. The van der Waals surface area contributed by atoms with Gasteiger partial charge in [-0.3, -0.25) is 0 Å². The molecule has 0 unspecified atom stereocenters. The van der Waals surface area contributed by atoms with Crippen LogP contribution in [0, 0.1) is 5.41 Å². The number of carbonyl (C=O) groups is 1. The maximum absolute atomic E-state index is 12.6. The molecule has 1 aliphatic carbocycles. The first-order chi connectivity index (χ1) is 12.5. The first-order valence-electron chi connectivity index (χ1n) is 9.14. The summed E-state index contributed by atoms with van der Waals surface area (Å²) >= 11 is 0. The molecule has 1 spiro atoms. The van der Waals surface area contributed by atoms with Gasteiger partial charge in [-0.2, -0.15) is 13.2 Å². The van der Waals surface area contributed by atoms with Gasteiger partial charge >= 0.3 is 12.3 Å². The van der Waals surface area contributed by atoms with Gasteiger partial charge < -0.3 is 14.4 Å². The smallest absolute Gasteiger partial charge is 0.417 e. The van der Waals surface area contributed by atoms with Crippen LogP contribution in [0.15, 0.2) is 18.3 Å². The number of aromatic nitrogens is 1. The summed E-state index contributed by atoms with van der Waals surface area (Å²) in [7, 11) is 0. The Morgan fingerprint density at radius 2 is 1.96 bits per heavy atom. The number of hydrogen-bond acceptors (Lipinski definition) is 4. The van der Waals surface area contributed by atoms with Gasteiger partial charge in [0, 0.05) is 25.4 Å². The lowest BCUT2D eigenvalue weighted by Crippen LogP contribution is -2.55. The summed E-state index contributed by atoms with van der Waals surface area (Å²) < 4.78 is 48.9. The molecule has 0 bridgehead atoms. The zero-order chi connectivity index (χ0) is 19.9. The molecule has 2 fully saturated rings. The number of halogens is 3. The van der Waals surface area contributed by atoms with E-state index in [9.17, 15) is 18.0 Å². The molecule has 1 saturated heterocycles. The first kappa shape index (κ1) is 19.8. The number of pyridine rings is 1. The van der Waals surface area contributed by atoms with Crippen molar-refractivity contribution in [3.05, 3.63) is 23.9 Å². The molecule has 0 aromatic carbocycles. The highest BCUT2D eigenvalue weighted by atomic mass is 19.4. The lowest BCUT2D eigenvalue weighted by atomic mass is 9.62. The second-order valence-electron chi connectivity index (χ2n) is 8.54. The van der Waals surface area contributed by atoms with Crippen molar-refractivity contribution in [3.63, 3.8) is 0 Å². The molecule has 8 heteroatoms. The van der Waals surface area contributed by atoms with E-state index in [0.717, 1.165) is 37.9 Å². The van der Waals surface area contributed by atoms with E-state index >= 15 is 0 Å². The van der Waals surface area contributed by atoms with E-state index in [2.05, 4.69) is 4.98 Å². The number of hydrogen-bond donors (Lipinski definition) is 0. The summed E-state index contributed by atoms with van der Waals surface area (Å²) in [6.07, 6.45) is -0.571. The fourth-order valence-electron chi connectivity index (χ4n) is 3.80. The normalized spacial score (nSPS) is 25.9. The number of likely N-dealkylation sites (tertiary alicyclic amines) is 1. The SMILES string of the molecule is CC(C)(C)OC(=O)N1CCCC2(CC(Oc3ccc(C(F)(F)F)cn3)C2)C1. The van der Waals surface area contributed by atoms with Crippen LogP contribution < -0.4 is 4.74 Å². The van der Waals surface area contributed by atoms with Gasteiger partial charge in [0.1, 0.15) is 11.7 Å². The molecule has 0 radical (unpaired) electrons. The number of nitrogens with zero attached hydrogens (tertiary/aromatic N) is 2. The van der Waals surface area contributed by atoms with Crippen molar-refractivity contribution in [1.82, 2.24) is 9.88 Å². The molecule has 2 heterocycles. The van der Waals surface area contributed by atoms with E-state index in [4.69, 9.17) is 9.47 Å². The molecule has 27 heavy (non-hydrogen) atoms. The van der Waals surface area contributed by atoms with Crippen molar-refractivity contribution in [2.24, 2.45) is 5.41 Å². The summed E-state index contributed by atoms with van der Waals surface area (Å²) in [5.74, 6) is 0.197. The molecular formula is C19H25F3N2O3. The van der Waals surface area contributed by atoms with E-state index in [1.165, 1.54) is 6.07 Å². The van der Waals surface area contributed by atoms with Crippen molar-refractivity contribution >= 4 is 6.09 Å². The van der Waals surface area contributed by atoms with Crippen LogP contribution in [0.1, 0.15) is 52.0 Å². The Morgan fingerprint density at radius 3 is 2.52 bits per heavy atom. The number of ether oxygens (including phenoxy) is 2. The summed E-state index contributed by atoms with van der Waals surface area (Å²) in [4.78, 5) is 17.8. The lowest BCUT2D eigenvalue weighted by molar-refractivity contribution is -0.137. The predicted molar refractivity (Wildman–Crippen MR) is 92.4 cm³/mol. The molecular weight excluding hydrogens is 361 g/mol. The van der Waals surface area contributed by atoms with E-state index in [1.807, 2.05) is 20.8 Å². The predicted octanol–water partition coefficient (Wildman–Crippen LogP) is 4.66. The third-order valence-corrected chi connectivity index (χ3v) is 4.99. The second kappa shape index (κ2) is 6.87. The standard InChI is InChI=1S/C19H25F3N2O3/c1-17(2,3)27-16(25)24-8-4-7-18(12-24)9-14(10-18)26-15-6-5-13(11-23-15)19(20,21)22/h5-6,11,14H,4,7-10,12H2,1-3H3. The van der Waals surface area contributed by atoms with E-state index in [-0.39, 0.29) is 23.5 Å². The average molecular weight is 386 g/mol. The largest absolute Gasteiger partial charge is 0.474 e. The zero-order valence-corrected chi connectivity index (χ0v) is 15.8. The van der Waals surface area contributed by atoms with Gasteiger partial charge in [-0.25, -0.2) is 9.78 Å². The first-order valence-corrected chi connectivity index (χ1v) is 9.14. The van der Waals surface area contributed by atoms with Crippen LogP contribution in [0.5, 0.6) is 5.88 Å². The molecule has 1 aromatic rings. The van der Waals surface area contributed by atoms with Crippen LogP contribution in [0.4, 0.5) is 18.0 Å². The monoisotopic (exact) mass is 386 g/mol. The summed E-state index contributed by atoms with van der Waals surface area (Å²) in [6, 6.07) is 2.23.